The van der Waals surface area contributed by atoms with Crippen LogP contribution < -0.4 is 11.1 Å². The first-order chi connectivity index (χ1) is 9.41. The van der Waals surface area contributed by atoms with E-state index in [0.29, 0.717) is 12.2 Å². The Morgan fingerprint density at radius 2 is 2.15 bits per heavy atom. The van der Waals surface area contributed by atoms with E-state index in [1.165, 1.54) is 0 Å². The number of nitrogens with one attached hydrogen (secondary N) is 1. The molecule has 0 amide bonds. The maximum Gasteiger partial charge on any atom is 0.338 e. The van der Waals surface area contributed by atoms with Gasteiger partial charge in [-0.25, -0.2) is 9.18 Å². The summed E-state index contributed by atoms with van der Waals surface area (Å²) < 4.78 is 19.0. The van der Waals surface area contributed by atoms with Crippen molar-refractivity contribution in [2.24, 2.45) is 5.41 Å². The minimum atomic E-state index is -1.32. The first kappa shape index (κ1) is 14.6. The molecule has 1 fully saturated rings. The zero-order valence-electron chi connectivity index (χ0n) is 11.4. The van der Waals surface area contributed by atoms with Gasteiger partial charge in [-0.05, 0) is 30.4 Å². The topological polar surface area (TPSA) is 84.6 Å². The standard InChI is InChI=1S/C14H19FN2O3/c1-14(2-4-20-5-3-14)8-17-12-7-10(15)9(13(18)19)6-11(12)16/h6-7,17H,2-5,8,16H2,1H3,(H,18,19). The van der Waals surface area contributed by atoms with Gasteiger partial charge in [0.15, 0.2) is 0 Å². The van der Waals surface area contributed by atoms with Crippen LogP contribution in [0.1, 0.15) is 30.1 Å². The third-order valence-electron chi connectivity index (χ3n) is 3.78. The molecule has 110 valence electrons. The van der Waals surface area contributed by atoms with Crippen LogP contribution in [-0.2, 0) is 4.74 Å². The fourth-order valence-corrected chi connectivity index (χ4v) is 2.26. The molecule has 1 aliphatic heterocycles. The number of carbonyl (C=O) groups is 1. The van der Waals surface area contributed by atoms with Crippen LogP contribution in [0.2, 0.25) is 0 Å². The fraction of sp³-hybridized carbons (Fsp3) is 0.500. The van der Waals surface area contributed by atoms with Gasteiger partial charge in [-0.1, -0.05) is 6.92 Å². The maximum atomic E-state index is 13.6. The van der Waals surface area contributed by atoms with Crippen LogP contribution in [0.15, 0.2) is 12.1 Å². The van der Waals surface area contributed by atoms with Crippen molar-refractivity contribution in [1.82, 2.24) is 0 Å². The molecule has 0 spiro atoms. The molecule has 5 nitrogen and oxygen atoms in total. The van der Waals surface area contributed by atoms with Crippen LogP contribution in [0.3, 0.4) is 0 Å². The molecule has 0 radical (unpaired) electrons. The van der Waals surface area contributed by atoms with Crippen molar-refractivity contribution in [3.05, 3.63) is 23.5 Å². The van der Waals surface area contributed by atoms with Crippen molar-refractivity contribution in [3.63, 3.8) is 0 Å². The van der Waals surface area contributed by atoms with E-state index in [9.17, 15) is 9.18 Å². The predicted molar refractivity (Wildman–Crippen MR) is 74.4 cm³/mol. The number of ether oxygens (including phenoxy) is 1. The SMILES string of the molecule is CC1(CNc2cc(F)c(C(=O)O)cc2N)CCOCC1. The van der Waals surface area contributed by atoms with Gasteiger partial charge < -0.3 is 20.9 Å². The Hall–Kier alpha value is -1.82. The van der Waals surface area contributed by atoms with Gasteiger partial charge in [0.2, 0.25) is 0 Å². The van der Waals surface area contributed by atoms with Crippen LogP contribution in [0, 0.1) is 11.2 Å². The Labute approximate surface area is 116 Å². The third kappa shape index (κ3) is 3.19. The highest BCUT2D eigenvalue weighted by atomic mass is 19.1. The van der Waals surface area contributed by atoms with Crippen molar-refractivity contribution in [3.8, 4) is 0 Å². The molecule has 0 saturated carbocycles. The number of benzene rings is 1. The second-order valence-corrected chi connectivity index (χ2v) is 5.50. The molecule has 0 bridgehead atoms. The van der Waals surface area contributed by atoms with Crippen molar-refractivity contribution < 1.29 is 19.0 Å². The van der Waals surface area contributed by atoms with Gasteiger partial charge in [0, 0.05) is 19.8 Å². The molecule has 1 saturated heterocycles. The van der Waals surface area contributed by atoms with Crippen molar-refractivity contribution in [2.75, 3.05) is 30.8 Å². The molecule has 0 aliphatic carbocycles. The summed E-state index contributed by atoms with van der Waals surface area (Å²) in [5.74, 6) is -2.11. The lowest BCUT2D eigenvalue weighted by molar-refractivity contribution is 0.0300. The van der Waals surface area contributed by atoms with Gasteiger partial charge in [-0.15, -0.1) is 0 Å². The normalized spacial score (nSPS) is 17.7. The van der Waals surface area contributed by atoms with Crippen LogP contribution in [-0.4, -0.2) is 30.8 Å². The summed E-state index contributed by atoms with van der Waals surface area (Å²) in [5.41, 5.74) is 6.10. The summed E-state index contributed by atoms with van der Waals surface area (Å²) in [7, 11) is 0. The molecule has 4 N–H and O–H groups in total. The van der Waals surface area contributed by atoms with Crippen LogP contribution in [0.5, 0.6) is 0 Å². The summed E-state index contributed by atoms with van der Waals surface area (Å²) in [4.78, 5) is 10.8. The summed E-state index contributed by atoms with van der Waals surface area (Å²) >= 11 is 0. The van der Waals surface area contributed by atoms with E-state index in [2.05, 4.69) is 12.2 Å². The van der Waals surface area contributed by atoms with E-state index in [4.69, 9.17) is 15.6 Å². The van der Waals surface area contributed by atoms with E-state index >= 15 is 0 Å². The Bertz CT molecular complexity index is 513. The quantitative estimate of drug-likeness (QED) is 0.738. The summed E-state index contributed by atoms with van der Waals surface area (Å²) in [5, 5.41) is 11.9. The molecule has 1 aromatic carbocycles. The molecular formula is C14H19FN2O3. The average molecular weight is 282 g/mol. The summed E-state index contributed by atoms with van der Waals surface area (Å²) in [6, 6.07) is 2.29. The Morgan fingerprint density at radius 3 is 2.75 bits per heavy atom. The van der Waals surface area contributed by atoms with Gasteiger partial charge in [0.25, 0.3) is 0 Å². The minimum absolute atomic E-state index is 0.0760. The number of hydrogen-bond donors (Lipinski definition) is 3. The van der Waals surface area contributed by atoms with Crippen LogP contribution in [0.25, 0.3) is 0 Å². The zero-order chi connectivity index (χ0) is 14.8. The highest BCUT2D eigenvalue weighted by Crippen LogP contribution is 2.31. The second kappa shape index (κ2) is 5.66. The largest absolute Gasteiger partial charge is 0.478 e. The van der Waals surface area contributed by atoms with E-state index in [1.54, 1.807) is 0 Å². The minimum Gasteiger partial charge on any atom is -0.478 e. The number of hydrogen-bond acceptors (Lipinski definition) is 4. The first-order valence-corrected chi connectivity index (χ1v) is 6.55. The molecule has 0 unspecified atom stereocenters. The van der Waals surface area contributed by atoms with Gasteiger partial charge in [0.05, 0.1) is 16.9 Å². The fourth-order valence-electron chi connectivity index (χ4n) is 2.26. The van der Waals surface area contributed by atoms with Gasteiger partial charge in [-0.2, -0.15) is 0 Å². The van der Waals surface area contributed by atoms with Gasteiger partial charge in [-0.3, -0.25) is 0 Å². The van der Waals surface area contributed by atoms with Crippen molar-refractivity contribution in [2.45, 2.75) is 19.8 Å². The zero-order valence-corrected chi connectivity index (χ0v) is 11.4. The van der Waals surface area contributed by atoms with Crippen LogP contribution in [0.4, 0.5) is 15.8 Å². The number of anilines is 2. The highest BCUT2D eigenvalue weighted by Gasteiger charge is 2.27. The van der Waals surface area contributed by atoms with E-state index < -0.39 is 17.3 Å². The number of carboxylic acids is 1. The van der Waals surface area contributed by atoms with E-state index in [1.807, 2.05) is 0 Å². The molecule has 0 aromatic heterocycles. The van der Waals surface area contributed by atoms with E-state index in [-0.39, 0.29) is 11.1 Å². The summed E-state index contributed by atoms with van der Waals surface area (Å²) in [6.45, 7) is 4.23. The lowest BCUT2D eigenvalue weighted by atomic mass is 9.82. The number of carboxylic acid groups (broad SMARTS) is 1. The monoisotopic (exact) mass is 282 g/mol. The predicted octanol–water partition coefficient (Wildman–Crippen LogP) is 2.33. The molecule has 6 heteroatoms. The van der Waals surface area contributed by atoms with Crippen molar-refractivity contribution in [1.29, 1.82) is 0 Å². The van der Waals surface area contributed by atoms with Gasteiger partial charge >= 0.3 is 5.97 Å². The average Bonchev–Trinajstić information content (AvgIpc) is 2.40. The maximum absolute atomic E-state index is 13.6. The second-order valence-electron chi connectivity index (χ2n) is 5.50. The highest BCUT2D eigenvalue weighted by molar-refractivity contribution is 5.90. The number of nitrogens with two attached hydrogens (primary N) is 1. The van der Waals surface area contributed by atoms with Crippen LogP contribution >= 0.6 is 0 Å². The number of nitrogen functional groups attached to an aromatic ring is 1. The Morgan fingerprint density at radius 1 is 1.50 bits per heavy atom. The molecule has 1 heterocycles. The number of halogens is 1. The summed E-state index contributed by atoms with van der Waals surface area (Å²) in [6.07, 6.45) is 1.85. The molecular weight excluding hydrogens is 263 g/mol. The lowest BCUT2D eigenvalue weighted by Crippen LogP contribution is -2.33. The third-order valence-corrected chi connectivity index (χ3v) is 3.78. The molecule has 1 aromatic rings. The molecule has 1 aliphatic rings. The molecule has 0 atom stereocenters. The Kier molecular flexibility index (Phi) is 4.13. The van der Waals surface area contributed by atoms with E-state index in [0.717, 1.165) is 38.2 Å². The van der Waals surface area contributed by atoms with Gasteiger partial charge in [0.1, 0.15) is 5.82 Å². The number of rotatable bonds is 4. The lowest BCUT2D eigenvalue weighted by Gasteiger charge is -2.34. The first-order valence-electron chi connectivity index (χ1n) is 6.55. The van der Waals surface area contributed by atoms with Crippen molar-refractivity contribution >= 4 is 17.3 Å². The smallest absolute Gasteiger partial charge is 0.338 e. The number of aromatic carboxylic acids is 1. The molecule has 20 heavy (non-hydrogen) atoms. The Balaban J connectivity index is 2.10. The molecule has 2 rings (SSSR count).